The molecule has 0 aliphatic carbocycles. The normalized spacial score (nSPS) is 13.1. The average molecular weight is 467 g/mol. The topological polar surface area (TPSA) is 52.7 Å². The van der Waals surface area contributed by atoms with Crippen molar-refractivity contribution >= 4 is 29.0 Å². The third-order valence-corrected chi connectivity index (χ3v) is 6.31. The lowest BCUT2D eigenvalue weighted by Gasteiger charge is -2.18. The molecule has 0 radical (unpaired) electrons. The van der Waals surface area contributed by atoms with Gasteiger partial charge in [-0.15, -0.1) is 23.2 Å². The van der Waals surface area contributed by atoms with Crippen LogP contribution in [0.25, 0.3) is 22.5 Å². The Morgan fingerprint density at radius 3 is 1.62 bits per heavy atom. The van der Waals surface area contributed by atoms with Gasteiger partial charge in [0.15, 0.2) is 0 Å². The minimum absolute atomic E-state index is 0.164. The van der Waals surface area contributed by atoms with Crippen LogP contribution in [0, 0.1) is 0 Å². The molecule has 7 heteroatoms. The molecule has 32 heavy (non-hydrogen) atoms. The number of benzene rings is 2. The van der Waals surface area contributed by atoms with Gasteiger partial charge in [-0.2, -0.15) is 0 Å². The first kappa shape index (κ1) is 22.3. The molecule has 2 aromatic carbocycles. The van der Waals surface area contributed by atoms with Crippen LogP contribution >= 0.6 is 23.2 Å². The monoisotopic (exact) mass is 466 g/mol. The second kappa shape index (κ2) is 9.72. The number of imidazole rings is 2. The van der Waals surface area contributed by atoms with E-state index in [0.29, 0.717) is 12.0 Å². The summed E-state index contributed by atoms with van der Waals surface area (Å²) in [7, 11) is 0. The Morgan fingerprint density at radius 2 is 1.25 bits per heavy atom. The molecule has 0 bridgehead atoms. The van der Waals surface area contributed by atoms with Crippen molar-refractivity contribution < 1.29 is 4.79 Å². The van der Waals surface area contributed by atoms with Crippen molar-refractivity contribution in [1.29, 1.82) is 0 Å². The summed E-state index contributed by atoms with van der Waals surface area (Å²) in [6.07, 6.45) is 7.21. The van der Waals surface area contributed by atoms with Crippen LogP contribution in [-0.2, 0) is 16.8 Å². The van der Waals surface area contributed by atoms with E-state index in [0.717, 1.165) is 33.6 Å². The van der Waals surface area contributed by atoms with Crippen molar-refractivity contribution in [2.24, 2.45) is 0 Å². The SMILES string of the molecule is CC(C(=O)C(C)c1cccc(-c2cn(CCl)cn2)c1)c1cccc(-c2cn(CCl)cn2)c1. The zero-order chi connectivity index (χ0) is 22.7. The van der Waals surface area contributed by atoms with E-state index in [4.69, 9.17) is 23.2 Å². The molecule has 2 heterocycles. The number of nitrogens with zero attached hydrogens (tertiary/aromatic N) is 4. The molecule has 0 amide bonds. The van der Waals surface area contributed by atoms with E-state index in [2.05, 4.69) is 9.97 Å². The molecule has 2 unspecified atom stereocenters. The van der Waals surface area contributed by atoms with Gasteiger partial charge in [0.05, 0.1) is 36.1 Å². The van der Waals surface area contributed by atoms with Gasteiger partial charge in [0, 0.05) is 35.4 Å². The molecule has 0 fully saturated rings. The van der Waals surface area contributed by atoms with Crippen molar-refractivity contribution in [3.63, 3.8) is 0 Å². The second-order valence-electron chi connectivity index (χ2n) is 7.88. The molecule has 0 aliphatic heterocycles. The van der Waals surface area contributed by atoms with Crippen LogP contribution in [0.1, 0.15) is 36.8 Å². The lowest BCUT2D eigenvalue weighted by molar-refractivity contribution is -0.121. The summed E-state index contributed by atoms with van der Waals surface area (Å²) in [5.74, 6) is -0.338. The zero-order valence-corrected chi connectivity index (χ0v) is 19.5. The highest BCUT2D eigenvalue weighted by Gasteiger charge is 2.23. The minimum atomic E-state index is -0.251. The van der Waals surface area contributed by atoms with Crippen molar-refractivity contribution in [3.8, 4) is 22.5 Å². The first-order valence-electron chi connectivity index (χ1n) is 10.4. The highest BCUT2D eigenvalue weighted by atomic mass is 35.5. The standard InChI is InChI=1S/C25H24Cl2N4O/c1-17(19-5-3-7-21(9-19)23-11-30(13-26)15-28-23)25(32)18(2)20-6-4-8-22(10-20)24-12-31(14-27)16-29-24/h3-12,15-18H,13-14H2,1-2H3. The number of alkyl halides is 2. The third kappa shape index (κ3) is 4.64. The van der Waals surface area contributed by atoms with E-state index in [-0.39, 0.29) is 17.6 Å². The lowest BCUT2D eigenvalue weighted by atomic mass is 9.85. The Balaban J connectivity index is 1.55. The second-order valence-corrected chi connectivity index (χ2v) is 8.36. The number of hydrogen-bond donors (Lipinski definition) is 0. The van der Waals surface area contributed by atoms with Gasteiger partial charge in [-0.1, -0.05) is 50.2 Å². The Hall–Kier alpha value is -2.89. The molecule has 5 nitrogen and oxygen atoms in total. The summed E-state index contributed by atoms with van der Waals surface area (Å²) in [5.41, 5.74) is 5.55. The number of hydrogen-bond acceptors (Lipinski definition) is 3. The van der Waals surface area contributed by atoms with Gasteiger partial charge in [-0.3, -0.25) is 4.79 Å². The quantitative estimate of drug-likeness (QED) is 0.287. The molecule has 0 saturated heterocycles. The summed E-state index contributed by atoms with van der Waals surface area (Å²) in [4.78, 5) is 22.2. The summed E-state index contributed by atoms with van der Waals surface area (Å²) in [6, 6.07) is 16.7. The lowest BCUT2D eigenvalue weighted by Crippen LogP contribution is -2.16. The fourth-order valence-electron chi connectivity index (χ4n) is 3.79. The summed E-state index contributed by atoms with van der Waals surface area (Å²) in [6.45, 7) is 3.92. The largest absolute Gasteiger partial charge is 0.323 e. The van der Waals surface area contributed by atoms with Gasteiger partial charge in [-0.25, -0.2) is 9.97 Å². The first-order chi connectivity index (χ1) is 15.5. The van der Waals surface area contributed by atoms with Crippen LogP contribution in [0.5, 0.6) is 0 Å². The molecule has 2 atom stereocenters. The van der Waals surface area contributed by atoms with Crippen LogP contribution in [0.3, 0.4) is 0 Å². The molecular formula is C25H24Cl2N4O. The minimum Gasteiger partial charge on any atom is -0.323 e. The predicted octanol–water partition coefficient (Wildman–Crippen LogP) is 6.28. The van der Waals surface area contributed by atoms with Crippen LogP contribution in [0.2, 0.25) is 0 Å². The third-order valence-electron chi connectivity index (χ3n) is 5.76. The molecule has 2 aromatic heterocycles. The van der Waals surface area contributed by atoms with Gasteiger partial charge in [0.2, 0.25) is 0 Å². The number of aromatic nitrogens is 4. The van der Waals surface area contributed by atoms with Gasteiger partial charge in [0.25, 0.3) is 0 Å². The van der Waals surface area contributed by atoms with E-state index in [1.165, 1.54) is 0 Å². The van der Waals surface area contributed by atoms with E-state index in [9.17, 15) is 4.79 Å². The fraction of sp³-hybridized carbons (Fsp3) is 0.240. The highest BCUT2D eigenvalue weighted by Crippen LogP contribution is 2.30. The molecule has 0 saturated carbocycles. The van der Waals surface area contributed by atoms with Gasteiger partial charge in [0.1, 0.15) is 5.78 Å². The molecular weight excluding hydrogens is 443 g/mol. The van der Waals surface area contributed by atoms with Crippen molar-refractivity contribution in [2.75, 3.05) is 0 Å². The Labute approximate surface area is 197 Å². The summed E-state index contributed by atoms with van der Waals surface area (Å²) >= 11 is 11.7. The number of halogens is 2. The maximum Gasteiger partial charge on any atom is 0.147 e. The molecule has 0 spiro atoms. The van der Waals surface area contributed by atoms with E-state index in [1.807, 2.05) is 83.9 Å². The number of carbonyl (C=O) groups is 1. The zero-order valence-electron chi connectivity index (χ0n) is 18.0. The van der Waals surface area contributed by atoms with E-state index in [1.54, 1.807) is 12.7 Å². The molecule has 4 aromatic rings. The number of carbonyl (C=O) groups excluding carboxylic acids is 1. The molecule has 0 N–H and O–H groups in total. The van der Waals surface area contributed by atoms with E-state index < -0.39 is 0 Å². The van der Waals surface area contributed by atoms with Crippen LogP contribution in [0.15, 0.2) is 73.6 Å². The predicted molar refractivity (Wildman–Crippen MR) is 129 cm³/mol. The summed E-state index contributed by atoms with van der Waals surface area (Å²) < 4.78 is 3.62. The number of ketones is 1. The van der Waals surface area contributed by atoms with Gasteiger partial charge >= 0.3 is 0 Å². The fourth-order valence-corrected chi connectivity index (χ4v) is 4.05. The maximum atomic E-state index is 13.4. The Morgan fingerprint density at radius 1 is 0.812 bits per heavy atom. The Kier molecular flexibility index (Phi) is 6.77. The van der Waals surface area contributed by atoms with Crippen molar-refractivity contribution in [2.45, 2.75) is 37.7 Å². The van der Waals surface area contributed by atoms with Crippen molar-refractivity contribution in [3.05, 3.63) is 84.7 Å². The molecule has 164 valence electrons. The average Bonchev–Trinajstić information content (AvgIpc) is 3.52. The summed E-state index contributed by atoms with van der Waals surface area (Å²) in [5, 5.41) is 0. The van der Waals surface area contributed by atoms with E-state index >= 15 is 0 Å². The number of rotatable bonds is 8. The molecule has 0 aliphatic rings. The highest BCUT2D eigenvalue weighted by molar-refractivity contribution is 6.15. The maximum absolute atomic E-state index is 13.4. The Bertz CT molecular complexity index is 1140. The van der Waals surface area contributed by atoms with Gasteiger partial charge < -0.3 is 9.13 Å². The van der Waals surface area contributed by atoms with Crippen LogP contribution < -0.4 is 0 Å². The van der Waals surface area contributed by atoms with Gasteiger partial charge in [-0.05, 0) is 23.3 Å². The smallest absolute Gasteiger partial charge is 0.147 e. The number of Topliss-reactive ketones (excluding diaryl/α,β-unsaturated/α-hetero) is 1. The van der Waals surface area contributed by atoms with Crippen LogP contribution in [-0.4, -0.2) is 24.9 Å². The van der Waals surface area contributed by atoms with Crippen LogP contribution in [0.4, 0.5) is 0 Å². The first-order valence-corrected chi connectivity index (χ1v) is 11.5. The van der Waals surface area contributed by atoms with Crippen molar-refractivity contribution in [1.82, 2.24) is 19.1 Å². The molecule has 4 rings (SSSR count).